The van der Waals surface area contributed by atoms with Crippen LogP contribution in [-0.2, 0) is 11.2 Å². The lowest BCUT2D eigenvalue weighted by atomic mass is 9.98. The summed E-state index contributed by atoms with van der Waals surface area (Å²) in [5.41, 5.74) is 3.66. The van der Waals surface area contributed by atoms with Gasteiger partial charge in [0.2, 0.25) is 0 Å². The molecule has 0 fully saturated rings. The number of rotatable bonds is 3. The molecule has 0 N–H and O–H groups in total. The molecule has 1 aliphatic heterocycles. The fourth-order valence-corrected chi connectivity index (χ4v) is 2.97. The van der Waals surface area contributed by atoms with Crippen LogP contribution >= 0.6 is 0 Å². The molecule has 0 aromatic heterocycles. The van der Waals surface area contributed by atoms with Crippen molar-refractivity contribution in [2.24, 2.45) is 0 Å². The molecule has 0 saturated carbocycles. The first-order chi connectivity index (χ1) is 11.2. The Hall–Kier alpha value is -2.20. The molecule has 1 unspecified atom stereocenters. The second kappa shape index (κ2) is 6.92. The van der Waals surface area contributed by atoms with Gasteiger partial charge in [0.15, 0.2) is 0 Å². The van der Waals surface area contributed by atoms with Gasteiger partial charge in [0, 0.05) is 25.7 Å². The summed E-state index contributed by atoms with van der Waals surface area (Å²) in [6.07, 6.45) is 0.865. The highest BCUT2D eigenvalue weighted by atomic mass is 16.5. The van der Waals surface area contributed by atoms with Crippen LogP contribution in [0.3, 0.4) is 0 Å². The van der Waals surface area contributed by atoms with Crippen LogP contribution in [0.1, 0.15) is 17.2 Å². The summed E-state index contributed by atoms with van der Waals surface area (Å²) >= 11 is 0. The number of benzene rings is 2. The third-order valence-corrected chi connectivity index (χ3v) is 4.34. The lowest BCUT2D eigenvalue weighted by Crippen LogP contribution is -2.27. The monoisotopic (exact) mass is 313 g/mol. The molecule has 0 spiro atoms. The number of likely N-dealkylation sites (N-methyl/N-ethyl adjacent to an activating group) is 1. The summed E-state index contributed by atoms with van der Waals surface area (Å²) in [6.45, 7) is 1.57. The van der Waals surface area contributed by atoms with Crippen LogP contribution in [0.4, 0.5) is 5.69 Å². The maximum Gasteiger partial charge on any atom is 0.119 e. The van der Waals surface area contributed by atoms with Gasteiger partial charge in [-0.1, -0.05) is 12.1 Å². The van der Waals surface area contributed by atoms with E-state index in [1.54, 1.807) is 14.2 Å². The molecule has 4 heteroatoms. The fraction of sp³-hybridized carbons (Fsp3) is 0.368. The summed E-state index contributed by atoms with van der Waals surface area (Å²) in [5, 5.41) is 0. The highest BCUT2D eigenvalue weighted by molar-refractivity contribution is 5.56. The van der Waals surface area contributed by atoms with Crippen LogP contribution in [-0.4, -0.2) is 34.4 Å². The molecule has 0 amide bonds. The topological polar surface area (TPSA) is 30.9 Å². The van der Waals surface area contributed by atoms with Gasteiger partial charge < -0.3 is 19.1 Å². The summed E-state index contributed by atoms with van der Waals surface area (Å²) in [4.78, 5) is 2.24. The van der Waals surface area contributed by atoms with Crippen LogP contribution in [0.25, 0.3) is 0 Å². The number of nitrogens with zero attached hydrogens (tertiary/aromatic N) is 1. The van der Waals surface area contributed by atoms with Crippen molar-refractivity contribution in [2.75, 3.05) is 39.3 Å². The van der Waals surface area contributed by atoms with Gasteiger partial charge in [-0.05, 0) is 41.5 Å². The van der Waals surface area contributed by atoms with E-state index in [-0.39, 0.29) is 6.10 Å². The first-order valence-electron chi connectivity index (χ1n) is 7.85. The molecule has 122 valence electrons. The second-order valence-electron chi connectivity index (χ2n) is 5.75. The molecular formula is C19H23NO3. The van der Waals surface area contributed by atoms with Gasteiger partial charge in [0.25, 0.3) is 0 Å². The van der Waals surface area contributed by atoms with Gasteiger partial charge in [-0.3, -0.25) is 0 Å². The van der Waals surface area contributed by atoms with Crippen molar-refractivity contribution in [3.05, 3.63) is 53.6 Å². The summed E-state index contributed by atoms with van der Waals surface area (Å²) < 4.78 is 16.7. The van der Waals surface area contributed by atoms with E-state index in [1.165, 1.54) is 16.8 Å². The van der Waals surface area contributed by atoms with Crippen molar-refractivity contribution in [3.8, 4) is 11.5 Å². The van der Waals surface area contributed by atoms with Gasteiger partial charge >= 0.3 is 0 Å². The standard InChI is InChI=1S/C19H23NO3/c1-20-10-11-23-19(14-4-6-16(21-2)7-5-14)13-15-12-17(22-3)8-9-18(15)20/h4-9,12,19H,10-11,13H2,1-3H3. The molecular weight excluding hydrogens is 290 g/mol. The van der Waals surface area contributed by atoms with E-state index in [9.17, 15) is 0 Å². The molecule has 1 heterocycles. The predicted molar refractivity (Wildman–Crippen MR) is 91.7 cm³/mol. The normalized spacial score (nSPS) is 17.9. The van der Waals surface area contributed by atoms with E-state index < -0.39 is 0 Å². The van der Waals surface area contributed by atoms with Crippen LogP contribution in [0.5, 0.6) is 11.5 Å². The van der Waals surface area contributed by atoms with Gasteiger partial charge in [-0.15, -0.1) is 0 Å². The van der Waals surface area contributed by atoms with E-state index in [2.05, 4.69) is 36.2 Å². The zero-order valence-corrected chi connectivity index (χ0v) is 13.9. The third-order valence-electron chi connectivity index (χ3n) is 4.34. The average molecular weight is 313 g/mol. The van der Waals surface area contributed by atoms with Crippen LogP contribution in [0, 0.1) is 0 Å². The first kappa shape index (κ1) is 15.7. The van der Waals surface area contributed by atoms with Gasteiger partial charge in [0.05, 0.1) is 26.9 Å². The molecule has 3 rings (SSSR count). The minimum Gasteiger partial charge on any atom is -0.497 e. The Balaban J connectivity index is 1.92. The molecule has 2 aromatic rings. The SMILES string of the molecule is COc1ccc(C2Cc3cc(OC)ccc3N(C)CCO2)cc1. The molecule has 2 aromatic carbocycles. The van der Waals surface area contributed by atoms with Crippen molar-refractivity contribution >= 4 is 5.69 Å². The van der Waals surface area contributed by atoms with Crippen molar-refractivity contribution < 1.29 is 14.2 Å². The summed E-state index contributed by atoms with van der Waals surface area (Å²) in [7, 11) is 5.48. The van der Waals surface area contributed by atoms with Crippen molar-refractivity contribution in [2.45, 2.75) is 12.5 Å². The van der Waals surface area contributed by atoms with Gasteiger partial charge in [-0.25, -0.2) is 0 Å². The van der Waals surface area contributed by atoms with Gasteiger partial charge in [-0.2, -0.15) is 0 Å². The minimum atomic E-state index is 0.0421. The lowest BCUT2D eigenvalue weighted by molar-refractivity contribution is 0.0559. The van der Waals surface area contributed by atoms with Crippen LogP contribution in [0.2, 0.25) is 0 Å². The highest BCUT2D eigenvalue weighted by Crippen LogP contribution is 2.33. The number of methoxy groups -OCH3 is 2. The molecule has 1 aliphatic rings. The van der Waals surface area contributed by atoms with Crippen LogP contribution in [0.15, 0.2) is 42.5 Å². The Morgan fingerprint density at radius 2 is 1.70 bits per heavy atom. The molecule has 0 saturated heterocycles. The number of ether oxygens (including phenoxy) is 3. The maximum absolute atomic E-state index is 6.12. The summed E-state index contributed by atoms with van der Waals surface area (Å²) in [6, 6.07) is 14.4. The maximum atomic E-state index is 6.12. The van der Waals surface area contributed by atoms with Gasteiger partial charge in [0.1, 0.15) is 11.5 Å². The number of hydrogen-bond donors (Lipinski definition) is 0. The zero-order chi connectivity index (χ0) is 16.2. The van der Waals surface area contributed by atoms with Crippen molar-refractivity contribution in [1.29, 1.82) is 0 Å². The molecule has 23 heavy (non-hydrogen) atoms. The summed E-state index contributed by atoms with van der Waals surface area (Å²) in [5.74, 6) is 1.74. The van der Waals surface area contributed by atoms with Crippen molar-refractivity contribution in [1.82, 2.24) is 0 Å². The highest BCUT2D eigenvalue weighted by Gasteiger charge is 2.20. The molecule has 1 atom stereocenters. The predicted octanol–water partition coefficient (Wildman–Crippen LogP) is 3.45. The number of hydrogen-bond acceptors (Lipinski definition) is 4. The largest absolute Gasteiger partial charge is 0.497 e. The molecule has 0 bridgehead atoms. The first-order valence-corrected chi connectivity index (χ1v) is 7.85. The molecule has 0 radical (unpaired) electrons. The minimum absolute atomic E-state index is 0.0421. The Bertz CT molecular complexity index is 654. The Morgan fingerprint density at radius 1 is 1.00 bits per heavy atom. The van der Waals surface area contributed by atoms with Crippen molar-refractivity contribution in [3.63, 3.8) is 0 Å². The Kier molecular flexibility index (Phi) is 4.72. The van der Waals surface area contributed by atoms with E-state index in [4.69, 9.17) is 14.2 Å². The molecule has 4 nitrogen and oxygen atoms in total. The van der Waals surface area contributed by atoms with E-state index in [1.807, 2.05) is 18.2 Å². The molecule has 0 aliphatic carbocycles. The number of anilines is 1. The second-order valence-corrected chi connectivity index (χ2v) is 5.75. The Morgan fingerprint density at radius 3 is 2.39 bits per heavy atom. The van der Waals surface area contributed by atoms with E-state index >= 15 is 0 Å². The van der Waals surface area contributed by atoms with E-state index in [0.29, 0.717) is 6.61 Å². The average Bonchev–Trinajstić information content (AvgIpc) is 2.59. The smallest absolute Gasteiger partial charge is 0.119 e. The van der Waals surface area contributed by atoms with Crippen LogP contribution < -0.4 is 14.4 Å². The zero-order valence-electron chi connectivity index (χ0n) is 13.9. The number of fused-ring (bicyclic) bond motifs is 1. The third kappa shape index (κ3) is 3.42. The Labute approximate surface area is 137 Å². The fourth-order valence-electron chi connectivity index (χ4n) is 2.97. The lowest BCUT2D eigenvalue weighted by Gasteiger charge is -2.29. The quantitative estimate of drug-likeness (QED) is 0.868. The van der Waals surface area contributed by atoms with E-state index in [0.717, 1.165) is 24.5 Å².